The van der Waals surface area contributed by atoms with E-state index in [-0.39, 0.29) is 17.6 Å². The highest BCUT2D eigenvalue weighted by Crippen LogP contribution is 2.22. The van der Waals surface area contributed by atoms with E-state index in [1.807, 2.05) is 7.05 Å². The molecule has 3 rings (SSSR count). The molecule has 0 aromatic carbocycles. The number of amides is 1. The maximum absolute atomic E-state index is 12.9. The van der Waals surface area contributed by atoms with Crippen molar-refractivity contribution in [3.05, 3.63) is 48.1 Å². The monoisotopic (exact) mass is 289 g/mol. The van der Waals surface area contributed by atoms with Crippen LogP contribution in [0.1, 0.15) is 22.4 Å². The van der Waals surface area contributed by atoms with Gasteiger partial charge in [-0.1, -0.05) is 0 Å². The molecule has 1 amide bonds. The number of carbonyl (C=O) groups excluding carboxylic acids is 1. The Balaban J connectivity index is 1.77. The molecule has 6 nitrogen and oxygen atoms in total. The van der Waals surface area contributed by atoms with E-state index in [9.17, 15) is 9.18 Å². The maximum atomic E-state index is 12.9. The summed E-state index contributed by atoms with van der Waals surface area (Å²) in [4.78, 5) is 27.5. The van der Waals surface area contributed by atoms with Crippen LogP contribution in [0.2, 0.25) is 0 Å². The average Bonchev–Trinajstić information content (AvgIpc) is 3.02. The fourth-order valence-corrected chi connectivity index (χ4v) is 2.48. The van der Waals surface area contributed by atoms with Crippen molar-refractivity contribution >= 4 is 5.91 Å². The number of aromatic nitrogens is 3. The van der Waals surface area contributed by atoms with Crippen LogP contribution in [0.5, 0.6) is 0 Å². The summed E-state index contributed by atoms with van der Waals surface area (Å²) in [6.07, 6.45) is 4.53. The van der Waals surface area contributed by atoms with Gasteiger partial charge < -0.3 is 9.88 Å². The molecule has 21 heavy (non-hydrogen) atoms. The Labute approximate surface area is 121 Å². The van der Waals surface area contributed by atoms with Crippen molar-refractivity contribution in [2.24, 2.45) is 0 Å². The van der Waals surface area contributed by atoms with Crippen LogP contribution >= 0.6 is 0 Å². The summed E-state index contributed by atoms with van der Waals surface area (Å²) in [5.74, 6) is 0.208. The Morgan fingerprint density at radius 2 is 2.24 bits per heavy atom. The van der Waals surface area contributed by atoms with Crippen molar-refractivity contribution in [1.82, 2.24) is 24.8 Å². The van der Waals surface area contributed by atoms with Gasteiger partial charge in [0, 0.05) is 32.0 Å². The molecule has 1 saturated heterocycles. The molecular formula is C14H16FN5O. The van der Waals surface area contributed by atoms with Gasteiger partial charge >= 0.3 is 0 Å². The van der Waals surface area contributed by atoms with Crippen LogP contribution in [-0.4, -0.2) is 57.3 Å². The second kappa shape index (κ2) is 5.61. The third-order valence-corrected chi connectivity index (χ3v) is 3.72. The Morgan fingerprint density at radius 1 is 1.38 bits per heavy atom. The minimum Gasteiger partial charge on any atom is -0.347 e. The van der Waals surface area contributed by atoms with Crippen molar-refractivity contribution in [3.8, 4) is 0 Å². The lowest BCUT2D eigenvalue weighted by Gasteiger charge is -2.38. The SMILES string of the molecule is CN1CCN(C(=O)c2ccc(F)cn2)C[C@H]1c1ncc[nH]1. The van der Waals surface area contributed by atoms with Crippen molar-refractivity contribution in [2.75, 3.05) is 26.7 Å². The molecule has 1 N–H and O–H groups in total. The van der Waals surface area contributed by atoms with Gasteiger partial charge in [0.25, 0.3) is 5.91 Å². The molecule has 1 atom stereocenters. The topological polar surface area (TPSA) is 65.1 Å². The number of imidazole rings is 1. The van der Waals surface area contributed by atoms with Crippen LogP contribution in [-0.2, 0) is 0 Å². The number of nitrogens with one attached hydrogen (secondary N) is 1. The standard InChI is InChI=1S/C14H16FN5O/c1-19-6-7-20(9-12(19)13-16-4-5-17-13)14(21)11-3-2-10(15)8-18-11/h2-5,8,12H,6-7,9H2,1H3,(H,16,17)/t12-/m0/s1. The smallest absolute Gasteiger partial charge is 0.272 e. The van der Waals surface area contributed by atoms with Gasteiger partial charge in [-0.2, -0.15) is 0 Å². The largest absolute Gasteiger partial charge is 0.347 e. The highest BCUT2D eigenvalue weighted by Gasteiger charge is 2.30. The maximum Gasteiger partial charge on any atom is 0.272 e. The highest BCUT2D eigenvalue weighted by atomic mass is 19.1. The molecular weight excluding hydrogens is 273 g/mol. The zero-order chi connectivity index (χ0) is 14.8. The quantitative estimate of drug-likeness (QED) is 0.898. The van der Waals surface area contributed by atoms with E-state index in [1.165, 1.54) is 12.1 Å². The Bertz CT molecular complexity index is 613. The predicted molar refractivity (Wildman–Crippen MR) is 74.1 cm³/mol. The zero-order valence-corrected chi connectivity index (χ0v) is 11.7. The molecule has 0 radical (unpaired) electrons. The Kier molecular flexibility index (Phi) is 3.66. The van der Waals surface area contributed by atoms with Gasteiger partial charge in [0.05, 0.1) is 12.2 Å². The number of nitrogens with zero attached hydrogens (tertiary/aromatic N) is 4. The lowest BCUT2D eigenvalue weighted by atomic mass is 10.1. The summed E-state index contributed by atoms with van der Waals surface area (Å²) in [6, 6.07) is 2.69. The first kappa shape index (κ1) is 13.7. The van der Waals surface area contributed by atoms with Gasteiger partial charge in [-0.25, -0.2) is 14.4 Å². The van der Waals surface area contributed by atoms with Crippen LogP contribution in [0.4, 0.5) is 4.39 Å². The van der Waals surface area contributed by atoms with Crippen LogP contribution in [0.3, 0.4) is 0 Å². The van der Waals surface area contributed by atoms with Gasteiger partial charge in [0.2, 0.25) is 0 Å². The number of aromatic amines is 1. The van der Waals surface area contributed by atoms with Crippen molar-refractivity contribution < 1.29 is 9.18 Å². The Morgan fingerprint density at radius 3 is 2.90 bits per heavy atom. The van der Waals surface area contributed by atoms with E-state index >= 15 is 0 Å². The Hall–Kier alpha value is -2.28. The third-order valence-electron chi connectivity index (χ3n) is 3.72. The average molecular weight is 289 g/mol. The van der Waals surface area contributed by atoms with Crippen molar-refractivity contribution in [1.29, 1.82) is 0 Å². The lowest BCUT2D eigenvalue weighted by molar-refractivity contribution is 0.0529. The second-order valence-electron chi connectivity index (χ2n) is 5.08. The van der Waals surface area contributed by atoms with Gasteiger partial charge in [0.1, 0.15) is 17.3 Å². The second-order valence-corrected chi connectivity index (χ2v) is 5.08. The normalized spacial score (nSPS) is 19.7. The number of likely N-dealkylation sites (N-methyl/N-ethyl adjacent to an activating group) is 1. The van der Waals surface area contributed by atoms with Crippen LogP contribution in [0, 0.1) is 5.82 Å². The van der Waals surface area contributed by atoms with E-state index in [4.69, 9.17) is 0 Å². The molecule has 0 spiro atoms. The van der Waals surface area contributed by atoms with Crippen molar-refractivity contribution in [2.45, 2.75) is 6.04 Å². The van der Waals surface area contributed by atoms with E-state index in [0.29, 0.717) is 13.1 Å². The summed E-state index contributed by atoms with van der Waals surface area (Å²) in [6.45, 7) is 1.89. The molecule has 3 heterocycles. The van der Waals surface area contributed by atoms with Gasteiger partial charge in [-0.3, -0.25) is 9.69 Å². The summed E-state index contributed by atoms with van der Waals surface area (Å²) in [7, 11) is 2.01. The third kappa shape index (κ3) is 2.78. The number of hydrogen-bond donors (Lipinski definition) is 1. The lowest BCUT2D eigenvalue weighted by Crippen LogP contribution is -2.49. The fraction of sp³-hybridized carbons (Fsp3) is 0.357. The number of halogens is 1. The predicted octanol–water partition coefficient (Wildman–Crippen LogP) is 1.07. The number of hydrogen-bond acceptors (Lipinski definition) is 4. The minimum atomic E-state index is -0.446. The van der Waals surface area contributed by atoms with E-state index < -0.39 is 5.82 Å². The molecule has 1 aliphatic rings. The minimum absolute atomic E-state index is 0.0261. The first-order chi connectivity index (χ1) is 10.1. The van der Waals surface area contributed by atoms with Crippen LogP contribution < -0.4 is 0 Å². The molecule has 0 unspecified atom stereocenters. The van der Waals surface area contributed by atoms with Crippen LogP contribution in [0.15, 0.2) is 30.7 Å². The molecule has 0 aliphatic carbocycles. The zero-order valence-electron chi connectivity index (χ0n) is 11.7. The summed E-state index contributed by atoms with van der Waals surface area (Å²) in [5.41, 5.74) is 0.263. The summed E-state index contributed by atoms with van der Waals surface area (Å²) < 4.78 is 12.9. The number of rotatable bonds is 2. The number of piperazine rings is 1. The molecule has 1 fully saturated rings. The van der Waals surface area contributed by atoms with E-state index in [0.717, 1.165) is 18.6 Å². The highest BCUT2D eigenvalue weighted by molar-refractivity contribution is 5.92. The molecule has 0 bridgehead atoms. The first-order valence-corrected chi connectivity index (χ1v) is 6.75. The number of pyridine rings is 1. The summed E-state index contributed by atoms with van der Waals surface area (Å²) in [5, 5.41) is 0. The molecule has 7 heteroatoms. The first-order valence-electron chi connectivity index (χ1n) is 6.75. The molecule has 2 aromatic heterocycles. The van der Waals surface area contributed by atoms with Gasteiger partial charge in [0.15, 0.2) is 0 Å². The number of carbonyl (C=O) groups is 1. The van der Waals surface area contributed by atoms with E-state index in [2.05, 4.69) is 19.9 Å². The van der Waals surface area contributed by atoms with Crippen LogP contribution in [0.25, 0.3) is 0 Å². The fourth-order valence-electron chi connectivity index (χ4n) is 2.48. The van der Waals surface area contributed by atoms with Crippen molar-refractivity contribution in [3.63, 3.8) is 0 Å². The van der Waals surface area contributed by atoms with E-state index in [1.54, 1.807) is 17.3 Å². The molecule has 110 valence electrons. The summed E-state index contributed by atoms with van der Waals surface area (Å²) >= 11 is 0. The molecule has 1 aliphatic heterocycles. The van der Waals surface area contributed by atoms with Gasteiger partial charge in [-0.15, -0.1) is 0 Å². The number of H-pyrrole nitrogens is 1. The molecule has 2 aromatic rings. The molecule has 0 saturated carbocycles. The van der Waals surface area contributed by atoms with Gasteiger partial charge in [-0.05, 0) is 19.2 Å².